The van der Waals surface area contributed by atoms with Crippen molar-refractivity contribution in [2.45, 2.75) is 37.7 Å². The first kappa shape index (κ1) is 25.1. The lowest BCUT2D eigenvalue weighted by molar-refractivity contribution is 0.251. The monoisotopic (exact) mass is 525 g/mol. The molecule has 0 bridgehead atoms. The average molecular weight is 526 g/mol. The zero-order valence-corrected chi connectivity index (χ0v) is 21.7. The highest BCUT2D eigenvalue weighted by atomic mass is 35.5. The minimum Gasteiger partial charge on any atom is -0.331 e. The van der Waals surface area contributed by atoms with E-state index in [9.17, 15) is 4.79 Å². The molecule has 0 unspecified atom stereocenters. The van der Waals surface area contributed by atoms with E-state index in [1.807, 2.05) is 41.0 Å². The SMILES string of the molecule is CCc1ccc(NC(=O)NCc2nnc(SCc3ccccc3C)n2-c2cc(Cl)ccc2Cl)cc1. The van der Waals surface area contributed by atoms with E-state index in [-0.39, 0.29) is 12.6 Å². The number of aryl methyl sites for hydroxylation is 2. The van der Waals surface area contributed by atoms with Crippen LogP contribution in [0.3, 0.4) is 0 Å². The van der Waals surface area contributed by atoms with Crippen molar-refractivity contribution < 1.29 is 4.79 Å². The highest BCUT2D eigenvalue weighted by molar-refractivity contribution is 7.98. The second kappa shape index (κ2) is 11.6. The van der Waals surface area contributed by atoms with Crippen molar-refractivity contribution in [3.05, 3.63) is 99.3 Å². The van der Waals surface area contributed by atoms with Crippen LogP contribution in [0.2, 0.25) is 10.0 Å². The molecule has 0 atom stereocenters. The minimum absolute atomic E-state index is 0.152. The Morgan fingerprint density at radius 3 is 2.54 bits per heavy atom. The van der Waals surface area contributed by atoms with E-state index in [0.29, 0.717) is 38.2 Å². The number of anilines is 1. The van der Waals surface area contributed by atoms with Gasteiger partial charge in [-0.3, -0.25) is 4.57 Å². The fourth-order valence-corrected chi connectivity index (χ4v) is 4.89. The summed E-state index contributed by atoms with van der Waals surface area (Å²) in [5.74, 6) is 1.25. The number of thioether (sulfide) groups is 1. The Bertz CT molecular complexity index is 1320. The number of nitrogens with one attached hydrogen (secondary N) is 2. The second-order valence-corrected chi connectivity index (χ2v) is 9.69. The molecule has 180 valence electrons. The van der Waals surface area contributed by atoms with Gasteiger partial charge in [0.05, 0.1) is 17.3 Å². The molecule has 2 N–H and O–H groups in total. The van der Waals surface area contributed by atoms with Crippen molar-refractivity contribution in [1.29, 1.82) is 0 Å². The van der Waals surface area contributed by atoms with Gasteiger partial charge < -0.3 is 10.6 Å². The van der Waals surface area contributed by atoms with Gasteiger partial charge in [-0.2, -0.15) is 0 Å². The number of nitrogens with zero attached hydrogens (tertiary/aromatic N) is 3. The Hall–Kier alpha value is -3.00. The zero-order chi connectivity index (χ0) is 24.8. The molecule has 0 aliphatic heterocycles. The molecular weight excluding hydrogens is 501 g/mol. The summed E-state index contributed by atoms with van der Waals surface area (Å²) in [5, 5.41) is 16.1. The number of urea groups is 1. The quantitative estimate of drug-likeness (QED) is 0.241. The number of hydrogen-bond donors (Lipinski definition) is 2. The molecule has 3 aromatic carbocycles. The van der Waals surface area contributed by atoms with Crippen LogP contribution in [0.25, 0.3) is 5.69 Å². The smallest absolute Gasteiger partial charge is 0.319 e. The predicted octanol–water partition coefficient (Wildman–Crippen LogP) is 7.06. The summed E-state index contributed by atoms with van der Waals surface area (Å²) in [6, 6.07) is 20.9. The van der Waals surface area contributed by atoms with E-state index in [1.54, 1.807) is 30.0 Å². The first-order valence-electron chi connectivity index (χ1n) is 11.2. The van der Waals surface area contributed by atoms with E-state index in [4.69, 9.17) is 23.2 Å². The Morgan fingerprint density at radius 2 is 1.80 bits per heavy atom. The van der Waals surface area contributed by atoms with Crippen LogP contribution in [-0.2, 0) is 18.7 Å². The van der Waals surface area contributed by atoms with E-state index >= 15 is 0 Å². The Morgan fingerprint density at radius 1 is 1.03 bits per heavy atom. The highest BCUT2D eigenvalue weighted by Crippen LogP contribution is 2.31. The first-order valence-corrected chi connectivity index (χ1v) is 12.9. The van der Waals surface area contributed by atoms with E-state index in [0.717, 1.165) is 6.42 Å². The molecule has 4 aromatic rings. The fraction of sp³-hybridized carbons (Fsp3) is 0.192. The van der Waals surface area contributed by atoms with Crippen molar-refractivity contribution in [3.8, 4) is 5.69 Å². The largest absolute Gasteiger partial charge is 0.331 e. The molecule has 1 aromatic heterocycles. The fourth-order valence-electron chi connectivity index (χ4n) is 3.48. The van der Waals surface area contributed by atoms with Gasteiger partial charge in [0.15, 0.2) is 11.0 Å². The average Bonchev–Trinajstić information content (AvgIpc) is 3.26. The van der Waals surface area contributed by atoms with Gasteiger partial charge in [-0.1, -0.05) is 78.3 Å². The Labute approximate surface area is 219 Å². The minimum atomic E-state index is -0.338. The van der Waals surface area contributed by atoms with Crippen LogP contribution in [0, 0.1) is 6.92 Å². The number of halogens is 2. The number of aromatic nitrogens is 3. The van der Waals surface area contributed by atoms with Crippen molar-refractivity contribution in [3.63, 3.8) is 0 Å². The van der Waals surface area contributed by atoms with Gasteiger partial charge in [0.25, 0.3) is 0 Å². The molecule has 1 heterocycles. The molecule has 0 aliphatic rings. The molecule has 0 radical (unpaired) electrons. The van der Waals surface area contributed by atoms with Crippen molar-refractivity contribution in [1.82, 2.24) is 20.1 Å². The number of carbonyl (C=O) groups is 1. The molecule has 0 fully saturated rings. The van der Waals surface area contributed by atoms with Crippen LogP contribution < -0.4 is 10.6 Å². The lowest BCUT2D eigenvalue weighted by atomic mass is 10.1. The molecule has 6 nitrogen and oxygen atoms in total. The van der Waals surface area contributed by atoms with E-state index < -0.39 is 0 Å². The molecule has 0 saturated carbocycles. The number of amides is 2. The van der Waals surface area contributed by atoms with Crippen LogP contribution in [-0.4, -0.2) is 20.8 Å². The summed E-state index contributed by atoms with van der Waals surface area (Å²) in [7, 11) is 0. The van der Waals surface area contributed by atoms with Gasteiger partial charge in [-0.05, 0) is 60.4 Å². The standard InChI is InChI=1S/C26H25Cl2N5OS/c1-3-18-8-11-21(12-9-18)30-25(34)29-15-24-31-32-26(35-16-19-7-5-4-6-17(19)2)33(24)23-14-20(27)10-13-22(23)28/h4-14H,3,15-16H2,1-2H3,(H2,29,30,34). The molecule has 9 heteroatoms. The van der Waals surface area contributed by atoms with Gasteiger partial charge in [0.1, 0.15) is 0 Å². The van der Waals surface area contributed by atoms with Gasteiger partial charge in [-0.25, -0.2) is 4.79 Å². The highest BCUT2D eigenvalue weighted by Gasteiger charge is 2.18. The topological polar surface area (TPSA) is 71.8 Å². The molecular formula is C26H25Cl2N5OS. The van der Waals surface area contributed by atoms with Gasteiger partial charge in [-0.15, -0.1) is 10.2 Å². The van der Waals surface area contributed by atoms with Gasteiger partial charge in [0.2, 0.25) is 0 Å². The summed E-state index contributed by atoms with van der Waals surface area (Å²) in [4.78, 5) is 12.5. The lowest BCUT2D eigenvalue weighted by Gasteiger charge is -2.13. The summed E-state index contributed by atoms with van der Waals surface area (Å²) in [6.45, 7) is 4.32. The van der Waals surface area contributed by atoms with E-state index in [2.05, 4.69) is 46.8 Å². The van der Waals surface area contributed by atoms with Crippen molar-refractivity contribution in [2.24, 2.45) is 0 Å². The maximum absolute atomic E-state index is 12.5. The Balaban J connectivity index is 1.54. The third-order valence-electron chi connectivity index (χ3n) is 5.49. The molecule has 4 rings (SSSR count). The molecule has 0 saturated heterocycles. The number of benzene rings is 3. The predicted molar refractivity (Wildman–Crippen MR) is 144 cm³/mol. The van der Waals surface area contributed by atoms with Crippen molar-refractivity contribution in [2.75, 3.05) is 5.32 Å². The summed E-state index contributed by atoms with van der Waals surface area (Å²) >= 11 is 14.3. The summed E-state index contributed by atoms with van der Waals surface area (Å²) < 4.78 is 1.84. The van der Waals surface area contributed by atoms with Crippen LogP contribution in [0.4, 0.5) is 10.5 Å². The zero-order valence-electron chi connectivity index (χ0n) is 19.4. The summed E-state index contributed by atoms with van der Waals surface area (Å²) in [5.41, 5.74) is 4.99. The molecule has 2 amide bonds. The Kier molecular flexibility index (Phi) is 8.33. The first-order chi connectivity index (χ1) is 16.9. The number of rotatable bonds is 8. The number of carbonyl (C=O) groups excluding carboxylic acids is 1. The molecule has 0 aliphatic carbocycles. The van der Waals surface area contributed by atoms with Gasteiger partial charge in [0, 0.05) is 16.5 Å². The van der Waals surface area contributed by atoms with Crippen LogP contribution in [0.15, 0.2) is 71.9 Å². The van der Waals surface area contributed by atoms with Crippen molar-refractivity contribution >= 4 is 46.7 Å². The third kappa shape index (κ3) is 6.36. The number of hydrogen-bond acceptors (Lipinski definition) is 4. The normalized spacial score (nSPS) is 10.9. The van der Waals surface area contributed by atoms with Gasteiger partial charge >= 0.3 is 6.03 Å². The molecule has 35 heavy (non-hydrogen) atoms. The molecule has 0 spiro atoms. The van der Waals surface area contributed by atoms with Crippen LogP contribution in [0.5, 0.6) is 0 Å². The van der Waals surface area contributed by atoms with Crippen LogP contribution >= 0.6 is 35.0 Å². The maximum atomic E-state index is 12.5. The lowest BCUT2D eigenvalue weighted by Crippen LogP contribution is -2.29. The third-order valence-corrected chi connectivity index (χ3v) is 7.03. The van der Waals surface area contributed by atoms with E-state index in [1.165, 1.54) is 16.7 Å². The summed E-state index contributed by atoms with van der Waals surface area (Å²) in [6.07, 6.45) is 0.943. The second-order valence-electron chi connectivity index (χ2n) is 7.90. The van der Waals surface area contributed by atoms with Crippen LogP contribution in [0.1, 0.15) is 29.4 Å². The maximum Gasteiger partial charge on any atom is 0.319 e.